The van der Waals surface area contributed by atoms with Crippen LogP contribution in [0.25, 0.3) is 11.5 Å². The highest BCUT2D eigenvalue weighted by Crippen LogP contribution is 2.27. The van der Waals surface area contributed by atoms with Crippen LogP contribution >= 0.6 is 0 Å². The molecule has 1 aliphatic carbocycles. The van der Waals surface area contributed by atoms with Crippen molar-refractivity contribution in [2.45, 2.75) is 46.5 Å². The van der Waals surface area contributed by atoms with E-state index in [1.165, 1.54) is 30.0 Å². The Morgan fingerprint density at radius 3 is 2.63 bits per heavy atom. The molecular weight excluding hydrogens is 385 g/mol. The van der Waals surface area contributed by atoms with Crippen LogP contribution in [0.15, 0.2) is 40.8 Å². The molecule has 0 atom stereocenters. The van der Waals surface area contributed by atoms with Crippen LogP contribution in [-0.4, -0.2) is 22.7 Å². The number of carboxylic acid groups (broad SMARTS) is 1. The number of hydrogen-bond donors (Lipinski definition) is 1. The van der Waals surface area contributed by atoms with E-state index in [0.717, 1.165) is 30.5 Å². The van der Waals surface area contributed by atoms with Crippen molar-refractivity contribution < 1.29 is 23.4 Å². The van der Waals surface area contributed by atoms with Crippen LogP contribution in [0.1, 0.15) is 41.5 Å². The Morgan fingerprint density at radius 1 is 1.17 bits per heavy atom. The highest BCUT2D eigenvalue weighted by atomic mass is 19.1. The van der Waals surface area contributed by atoms with Crippen LogP contribution in [0.5, 0.6) is 5.75 Å². The molecular formula is C24H26FNO4. The van der Waals surface area contributed by atoms with Crippen molar-refractivity contribution in [1.29, 1.82) is 0 Å². The van der Waals surface area contributed by atoms with Crippen LogP contribution < -0.4 is 4.74 Å². The number of halogens is 1. The Balaban J connectivity index is 0.000000589. The van der Waals surface area contributed by atoms with E-state index in [1.807, 2.05) is 19.1 Å². The number of carbonyl (C=O) groups is 1. The number of hydrogen-bond acceptors (Lipinski definition) is 4. The fourth-order valence-electron chi connectivity index (χ4n) is 3.41. The summed E-state index contributed by atoms with van der Waals surface area (Å²) in [4.78, 5) is 13.4. The molecule has 3 aromatic rings. The maximum Gasteiger partial charge on any atom is 0.300 e. The lowest BCUT2D eigenvalue weighted by atomic mass is 10.1. The number of rotatable bonds is 5. The van der Waals surface area contributed by atoms with Crippen molar-refractivity contribution in [1.82, 2.24) is 4.98 Å². The van der Waals surface area contributed by atoms with Crippen molar-refractivity contribution in [3.63, 3.8) is 0 Å². The van der Waals surface area contributed by atoms with Gasteiger partial charge in [0.15, 0.2) is 0 Å². The van der Waals surface area contributed by atoms with Crippen molar-refractivity contribution >= 4 is 5.97 Å². The van der Waals surface area contributed by atoms with Gasteiger partial charge in [0.05, 0.1) is 12.3 Å². The number of aliphatic carboxylic acids is 1. The fourth-order valence-corrected chi connectivity index (χ4v) is 3.41. The first-order chi connectivity index (χ1) is 14.3. The summed E-state index contributed by atoms with van der Waals surface area (Å²) in [6.45, 7) is 5.25. The molecule has 4 rings (SSSR count). The molecule has 5 nitrogen and oxygen atoms in total. The lowest BCUT2D eigenvalue weighted by Gasteiger charge is -2.07. The second-order valence-electron chi connectivity index (χ2n) is 7.39. The van der Waals surface area contributed by atoms with Gasteiger partial charge >= 0.3 is 0 Å². The average molecular weight is 411 g/mol. The normalized spacial score (nSPS) is 12.1. The largest absolute Gasteiger partial charge is 0.493 e. The van der Waals surface area contributed by atoms with Crippen LogP contribution in [0, 0.1) is 19.7 Å². The van der Waals surface area contributed by atoms with Gasteiger partial charge in [0, 0.05) is 18.9 Å². The first-order valence-corrected chi connectivity index (χ1v) is 10.0. The quantitative estimate of drug-likeness (QED) is 0.617. The highest BCUT2D eigenvalue weighted by molar-refractivity contribution is 5.63. The van der Waals surface area contributed by atoms with Gasteiger partial charge in [-0.1, -0.05) is 12.1 Å². The van der Waals surface area contributed by atoms with Gasteiger partial charge in [0.25, 0.3) is 5.97 Å². The highest BCUT2D eigenvalue weighted by Gasteiger charge is 2.14. The molecule has 0 amide bonds. The second-order valence-corrected chi connectivity index (χ2v) is 7.39. The number of aromatic nitrogens is 1. The topological polar surface area (TPSA) is 72.6 Å². The molecule has 0 unspecified atom stereocenters. The van der Waals surface area contributed by atoms with Crippen molar-refractivity contribution in [2.75, 3.05) is 6.61 Å². The predicted octanol–water partition coefficient (Wildman–Crippen LogP) is 5.30. The number of fused-ring (bicyclic) bond motifs is 1. The summed E-state index contributed by atoms with van der Waals surface area (Å²) < 4.78 is 25.5. The maximum atomic E-state index is 13.8. The molecule has 2 aromatic carbocycles. The van der Waals surface area contributed by atoms with E-state index in [1.54, 1.807) is 13.0 Å². The number of benzene rings is 2. The Morgan fingerprint density at radius 2 is 1.90 bits per heavy atom. The molecule has 1 heterocycles. The van der Waals surface area contributed by atoms with E-state index < -0.39 is 5.97 Å². The van der Waals surface area contributed by atoms with Gasteiger partial charge in [-0.3, -0.25) is 4.79 Å². The van der Waals surface area contributed by atoms with E-state index in [2.05, 4.69) is 17.1 Å². The van der Waals surface area contributed by atoms with Gasteiger partial charge < -0.3 is 14.3 Å². The van der Waals surface area contributed by atoms with Gasteiger partial charge in [-0.05, 0) is 74.1 Å². The van der Waals surface area contributed by atoms with E-state index in [-0.39, 0.29) is 5.82 Å². The minimum atomic E-state index is -0.833. The van der Waals surface area contributed by atoms with Crippen LogP contribution in [0.3, 0.4) is 0 Å². The fraction of sp³-hybridized carbons (Fsp3) is 0.333. The summed E-state index contributed by atoms with van der Waals surface area (Å²) in [6, 6.07) is 11.4. The van der Waals surface area contributed by atoms with E-state index in [9.17, 15) is 4.39 Å². The Hall–Kier alpha value is -3.15. The molecule has 0 saturated carbocycles. The summed E-state index contributed by atoms with van der Waals surface area (Å²) in [6.07, 6.45) is 4.18. The molecule has 0 bridgehead atoms. The van der Waals surface area contributed by atoms with E-state index in [0.29, 0.717) is 30.0 Å². The Bertz CT molecular complexity index is 1040. The number of oxazole rings is 1. The van der Waals surface area contributed by atoms with Crippen molar-refractivity contribution in [3.8, 4) is 17.2 Å². The zero-order valence-corrected chi connectivity index (χ0v) is 17.5. The maximum absolute atomic E-state index is 13.8. The zero-order valence-electron chi connectivity index (χ0n) is 17.5. The van der Waals surface area contributed by atoms with Crippen LogP contribution in [-0.2, 0) is 24.1 Å². The summed E-state index contributed by atoms with van der Waals surface area (Å²) in [7, 11) is 0. The molecule has 0 spiro atoms. The average Bonchev–Trinajstić information content (AvgIpc) is 3.30. The van der Waals surface area contributed by atoms with Gasteiger partial charge in [-0.2, -0.15) is 0 Å². The minimum absolute atomic E-state index is 0.250. The summed E-state index contributed by atoms with van der Waals surface area (Å²) >= 11 is 0. The smallest absolute Gasteiger partial charge is 0.300 e. The van der Waals surface area contributed by atoms with Gasteiger partial charge in [-0.15, -0.1) is 0 Å². The zero-order chi connectivity index (χ0) is 21.7. The third-order valence-electron chi connectivity index (χ3n) is 4.98. The number of ether oxygens (including phenoxy) is 1. The third-order valence-corrected chi connectivity index (χ3v) is 4.98. The first-order valence-electron chi connectivity index (χ1n) is 10.0. The lowest BCUT2D eigenvalue weighted by molar-refractivity contribution is -0.134. The molecule has 1 N–H and O–H groups in total. The molecule has 158 valence electrons. The molecule has 0 aliphatic heterocycles. The summed E-state index contributed by atoms with van der Waals surface area (Å²) in [5.41, 5.74) is 4.93. The van der Waals surface area contributed by atoms with E-state index in [4.69, 9.17) is 19.1 Å². The van der Waals surface area contributed by atoms with Crippen molar-refractivity contribution in [2.24, 2.45) is 0 Å². The monoisotopic (exact) mass is 411 g/mol. The van der Waals surface area contributed by atoms with Crippen LogP contribution in [0.4, 0.5) is 4.39 Å². The predicted molar refractivity (Wildman–Crippen MR) is 112 cm³/mol. The molecule has 0 saturated heterocycles. The van der Waals surface area contributed by atoms with Gasteiger partial charge in [0.1, 0.15) is 17.3 Å². The lowest BCUT2D eigenvalue weighted by Crippen LogP contribution is -2.02. The SMILES string of the molecule is CC(=O)O.Cc1ccc(-c2nc(C)c(CCOc3ccc4c(c3)CCC4)o2)cc1F. The van der Waals surface area contributed by atoms with Gasteiger partial charge in [0.2, 0.25) is 5.89 Å². The third kappa shape index (κ3) is 5.47. The molecule has 6 heteroatoms. The second kappa shape index (κ2) is 9.57. The summed E-state index contributed by atoms with van der Waals surface area (Å²) in [5, 5.41) is 7.42. The number of aryl methyl sites for hydroxylation is 4. The van der Waals surface area contributed by atoms with E-state index >= 15 is 0 Å². The Labute approximate surface area is 175 Å². The molecule has 1 aromatic heterocycles. The molecule has 0 radical (unpaired) electrons. The minimum Gasteiger partial charge on any atom is -0.493 e. The Kier molecular flexibility index (Phi) is 6.87. The standard InChI is InChI=1S/C22H22FNO2.C2H4O2/c1-14-6-7-18(13-20(14)23)22-24-15(2)21(26-22)10-11-25-19-9-8-16-4-3-5-17(16)12-19;1-2(3)4/h6-9,12-13H,3-5,10-11H2,1-2H3;1H3,(H,3,4). The van der Waals surface area contributed by atoms with Crippen LogP contribution in [0.2, 0.25) is 0 Å². The number of nitrogens with zero attached hydrogens (tertiary/aromatic N) is 1. The van der Waals surface area contributed by atoms with Crippen molar-refractivity contribution in [3.05, 3.63) is 70.4 Å². The van der Waals surface area contributed by atoms with Gasteiger partial charge in [-0.25, -0.2) is 9.37 Å². The molecule has 1 aliphatic rings. The number of carboxylic acids is 1. The summed E-state index contributed by atoms with van der Waals surface area (Å²) in [5.74, 6) is 1.06. The molecule has 0 fully saturated rings. The first kappa shape index (κ1) is 21.6. The molecule has 30 heavy (non-hydrogen) atoms.